The van der Waals surface area contributed by atoms with Gasteiger partial charge in [-0.1, -0.05) is 33.4 Å². The Morgan fingerprint density at radius 2 is 2.07 bits per heavy atom. The van der Waals surface area contributed by atoms with E-state index in [1.165, 1.54) is 5.70 Å². The predicted octanol–water partition coefficient (Wildman–Crippen LogP) is 2.73. The van der Waals surface area contributed by atoms with Crippen molar-refractivity contribution in [3.63, 3.8) is 0 Å². The second kappa shape index (κ2) is 5.86. The molecule has 0 saturated carbocycles. The van der Waals surface area contributed by atoms with Crippen LogP contribution in [-0.2, 0) is 4.74 Å². The molecule has 0 fully saturated rings. The summed E-state index contributed by atoms with van der Waals surface area (Å²) in [5.41, 5.74) is 1.31. The van der Waals surface area contributed by atoms with Crippen LogP contribution in [0, 0.1) is 5.41 Å². The van der Waals surface area contributed by atoms with E-state index in [-0.39, 0.29) is 5.41 Å². The monoisotopic (exact) mass is 197 g/mol. The first-order valence-corrected chi connectivity index (χ1v) is 5.00. The van der Waals surface area contributed by atoms with Crippen molar-refractivity contribution < 1.29 is 4.74 Å². The Labute approximate surface area is 88.0 Å². The van der Waals surface area contributed by atoms with E-state index >= 15 is 0 Å². The lowest BCUT2D eigenvalue weighted by atomic mass is 9.91. The van der Waals surface area contributed by atoms with Crippen molar-refractivity contribution in [2.75, 3.05) is 13.7 Å². The molecule has 0 radical (unpaired) electrons. The van der Waals surface area contributed by atoms with Crippen LogP contribution in [0.1, 0.15) is 27.7 Å². The standard InChI is InChI=1S/C12H23NO/c1-7-8-11(12(3,4)5)13-10(2)9-14-6/h7-8,10,13H,1,9H2,2-6H3/b11-8-. The number of rotatable bonds is 5. The highest BCUT2D eigenvalue weighted by molar-refractivity contribution is 5.15. The fraction of sp³-hybridized carbons (Fsp3) is 0.667. The molecule has 1 atom stereocenters. The highest BCUT2D eigenvalue weighted by Crippen LogP contribution is 2.23. The molecule has 1 unspecified atom stereocenters. The van der Waals surface area contributed by atoms with Crippen LogP contribution < -0.4 is 5.32 Å². The predicted molar refractivity (Wildman–Crippen MR) is 62.2 cm³/mol. The average Bonchev–Trinajstić information content (AvgIpc) is 2.02. The molecule has 0 aliphatic rings. The molecule has 0 aliphatic heterocycles. The third-order valence-corrected chi connectivity index (χ3v) is 1.91. The second-order valence-electron chi connectivity index (χ2n) is 4.57. The third-order valence-electron chi connectivity index (χ3n) is 1.91. The molecule has 0 saturated heterocycles. The lowest BCUT2D eigenvalue weighted by molar-refractivity contribution is 0.173. The average molecular weight is 197 g/mol. The highest BCUT2D eigenvalue weighted by atomic mass is 16.5. The minimum atomic E-state index is 0.121. The number of ether oxygens (including phenoxy) is 1. The van der Waals surface area contributed by atoms with E-state index in [0.29, 0.717) is 12.6 Å². The van der Waals surface area contributed by atoms with Crippen LogP contribution in [-0.4, -0.2) is 19.8 Å². The van der Waals surface area contributed by atoms with Gasteiger partial charge in [0, 0.05) is 24.3 Å². The van der Waals surface area contributed by atoms with Crippen molar-refractivity contribution in [2.24, 2.45) is 5.41 Å². The van der Waals surface area contributed by atoms with Gasteiger partial charge in [0.1, 0.15) is 0 Å². The second-order valence-corrected chi connectivity index (χ2v) is 4.57. The maximum atomic E-state index is 5.08. The van der Waals surface area contributed by atoms with Gasteiger partial charge < -0.3 is 10.1 Å². The van der Waals surface area contributed by atoms with Crippen LogP contribution in [0.3, 0.4) is 0 Å². The summed E-state index contributed by atoms with van der Waals surface area (Å²) >= 11 is 0. The van der Waals surface area contributed by atoms with Crippen LogP contribution in [0.15, 0.2) is 24.4 Å². The van der Waals surface area contributed by atoms with Crippen molar-refractivity contribution in [3.8, 4) is 0 Å². The Balaban J connectivity index is 4.40. The Morgan fingerprint density at radius 3 is 2.43 bits per heavy atom. The molecule has 0 amide bonds. The van der Waals surface area contributed by atoms with Crippen molar-refractivity contribution in [1.29, 1.82) is 0 Å². The van der Waals surface area contributed by atoms with Gasteiger partial charge >= 0.3 is 0 Å². The zero-order valence-corrected chi connectivity index (χ0v) is 10.1. The number of methoxy groups -OCH3 is 1. The summed E-state index contributed by atoms with van der Waals surface area (Å²) in [7, 11) is 1.71. The zero-order valence-electron chi connectivity index (χ0n) is 10.1. The summed E-state index contributed by atoms with van der Waals surface area (Å²) in [4.78, 5) is 0. The molecule has 0 rings (SSSR count). The van der Waals surface area contributed by atoms with E-state index < -0.39 is 0 Å². The molecule has 0 aromatic rings. The smallest absolute Gasteiger partial charge is 0.0661 e. The van der Waals surface area contributed by atoms with Crippen LogP contribution in [0.2, 0.25) is 0 Å². The fourth-order valence-electron chi connectivity index (χ4n) is 1.19. The Kier molecular flexibility index (Phi) is 5.55. The first-order chi connectivity index (χ1) is 6.41. The third kappa shape index (κ3) is 5.07. The maximum absolute atomic E-state index is 5.08. The number of hydrogen-bond donors (Lipinski definition) is 1. The van der Waals surface area contributed by atoms with Crippen molar-refractivity contribution in [3.05, 3.63) is 24.4 Å². The first kappa shape index (κ1) is 13.2. The molecule has 82 valence electrons. The quantitative estimate of drug-likeness (QED) is 0.684. The van der Waals surface area contributed by atoms with E-state index in [4.69, 9.17) is 4.74 Å². The van der Waals surface area contributed by atoms with Gasteiger partial charge in [0.25, 0.3) is 0 Å². The molecular formula is C12H23NO. The molecule has 0 aromatic heterocycles. The summed E-state index contributed by atoms with van der Waals surface area (Å²) in [6, 6.07) is 0.324. The van der Waals surface area contributed by atoms with Gasteiger partial charge in [0.05, 0.1) is 6.61 Å². The molecule has 14 heavy (non-hydrogen) atoms. The van der Waals surface area contributed by atoms with Crippen LogP contribution in [0.5, 0.6) is 0 Å². The lowest BCUT2D eigenvalue weighted by Crippen LogP contribution is -2.34. The van der Waals surface area contributed by atoms with Gasteiger partial charge in [-0.3, -0.25) is 0 Å². The molecule has 0 aliphatic carbocycles. The van der Waals surface area contributed by atoms with Gasteiger partial charge in [-0.25, -0.2) is 0 Å². The minimum Gasteiger partial charge on any atom is -0.383 e. The summed E-state index contributed by atoms with van der Waals surface area (Å²) in [6.07, 6.45) is 3.83. The summed E-state index contributed by atoms with van der Waals surface area (Å²) in [6.45, 7) is 13.1. The van der Waals surface area contributed by atoms with Crippen molar-refractivity contribution in [2.45, 2.75) is 33.7 Å². The summed E-state index contributed by atoms with van der Waals surface area (Å²) in [5, 5.41) is 3.42. The SMILES string of the molecule is C=C/C=C(\NC(C)COC)C(C)(C)C. The molecular weight excluding hydrogens is 174 g/mol. The summed E-state index contributed by atoms with van der Waals surface area (Å²) in [5.74, 6) is 0. The maximum Gasteiger partial charge on any atom is 0.0661 e. The van der Waals surface area contributed by atoms with Gasteiger partial charge in [0.15, 0.2) is 0 Å². The van der Waals surface area contributed by atoms with Gasteiger partial charge in [-0.15, -0.1) is 0 Å². The summed E-state index contributed by atoms with van der Waals surface area (Å²) < 4.78 is 5.08. The van der Waals surface area contributed by atoms with E-state index in [2.05, 4.69) is 39.6 Å². The highest BCUT2D eigenvalue weighted by Gasteiger charge is 2.17. The lowest BCUT2D eigenvalue weighted by Gasteiger charge is -2.27. The topological polar surface area (TPSA) is 21.3 Å². The molecule has 0 heterocycles. The number of hydrogen-bond acceptors (Lipinski definition) is 2. The van der Waals surface area contributed by atoms with Crippen LogP contribution in [0.25, 0.3) is 0 Å². The molecule has 0 spiro atoms. The Hall–Kier alpha value is -0.760. The molecule has 0 bridgehead atoms. The van der Waals surface area contributed by atoms with E-state index in [1.54, 1.807) is 7.11 Å². The Bertz CT molecular complexity index is 201. The zero-order chi connectivity index (χ0) is 11.2. The van der Waals surface area contributed by atoms with E-state index in [0.717, 1.165) is 0 Å². The van der Waals surface area contributed by atoms with Crippen LogP contribution >= 0.6 is 0 Å². The van der Waals surface area contributed by atoms with Gasteiger partial charge in [-0.05, 0) is 13.0 Å². The molecule has 2 nitrogen and oxygen atoms in total. The molecule has 1 N–H and O–H groups in total. The fourth-order valence-corrected chi connectivity index (χ4v) is 1.19. The first-order valence-electron chi connectivity index (χ1n) is 5.00. The Morgan fingerprint density at radius 1 is 1.50 bits per heavy atom. The van der Waals surface area contributed by atoms with Crippen LogP contribution in [0.4, 0.5) is 0 Å². The van der Waals surface area contributed by atoms with Gasteiger partial charge in [-0.2, -0.15) is 0 Å². The normalized spacial score (nSPS) is 15.1. The molecule has 0 aromatic carbocycles. The van der Waals surface area contributed by atoms with Gasteiger partial charge in [0.2, 0.25) is 0 Å². The van der Waals surface area contributed by atoms with E-state index in [1.807, 2.05) is 12.2 Å². The number of allylic oxidation sites excluding steroid dienone is 3. The van der Waals surface area contributed by atoms with Crippen molar-refractivity contribution >= 4 is 0 Å². The molecule has 2 heteroatoms. The minimum absolute atomic E-state index is 0.121. The van der Waals surface area contributed by atoms with Crippen molar-refractivity contribution in [1.82, 2.24) is 5.32 Å². The largest absolute Gasteiger partial charge is 0.383 e. The van der Waals surface area contributed by atoms with E-state index in [9.17, 15) is 0 Å². The number of nitrogens with one attached hydrogen (secondary N) is 1.